The first-order chi connectivity index (χ1) is 11.7. The van der Waals surface area contributed by atoms with Gasteiger partial charge in [-0.25, -0.2) is 0 Å². The summed E-state index contributed by atoms with van der Waals surface area (Å²) in [4.78, 5) is 22.0. The van der Waals surface area contributed by atoms with Crippen molar-refractivity contribution in [1.29, 1.82) is 0 Å². The highest BCUT2D eigenvalue weighted by Gasteiger charge is 2.03. The molecule has 4 nitrogen and oxygen atoms in total. The van der Waals surface area contributed by atoms with Crippen LogP contribution in [0.2, 0.25) is 0 Å². The zero-order chi connectivity index (χ0) is 17.2. The summed E-state index contributed by atoms with van der Waals surface area (Å²) in [6.07, 6.45) is 1.72. The lowest BCUT2D eigenvalue weighted by Gasteiger charge is -2.07. The molecule has 0 aliphatic rings. The van der Waals surface area contributed by atoms with Crippen molar-refractivity contribution >= 4 is 34.4 Å². The Morgan fingerprint density at radius 1 is 1.00 bits per heavy atom. The zero-order valence-electron chi connectivity index (χ0n) is 13.7. The van der Waals surface area contributed by atoms with E-state index in [-0.39, 0.29) is 12.3 Å². The van der Waals surface area contributed by atoms with E-state index in [0.29, 0.717) is 25.8 Å². The Morgan fingerprint density at radius 3 is 2.58 bits per heavy atom. The molecule has 2 aromatic carbocycles. The fourth-order valence-electron chi connectivity index (χ4n) is 2.51. The van der Waals surface area contributed by atoms with Crippen molar-refractivity contribution in [3.05, 3.63) is 48.0 Å². The number of carboxylic acids is 1. The number of aliphatic carboxylic acids is 1. The Balaban J connectivity index is 1.62. The summed E-state index contributed by atoms with van der Waals surface area (Å²) in [5.41, 5.74) is 1.32. The predicted molar refractivity (Wildman–Crippen MR) is 99.2 cm³/mol. The number of rotatable bonds is 10. The van der Waals surface area contributed by atoms with Gasteiger partial charge in [0.15, 0.2) is 0 Å². The zero-order valence-corrected chi connectivity index (χ0v) is 14.5. The van der Waals surface area contributed by atoms with Gasteiger partial charge in [-0.1, -0.05) is 42.5 Å². The SMILES string of the molecule is O=C(O)CCCCC(=O)NCCSCc1cccc2ccccc12. The van der Waals surface area contributed by atoms with E-state index in [0.717, 1.165) is 11.5 Å². The monoisotopic (exact) mass is 345 g/mol. The van der Waals surface area contributed by atoms with E-state index in [2.05, 4.69) is 41.7 Å². The summed E-state index contributed by atoms with van der Waals surface area (Å²) < 4.78 is 0. The first-order valence-electron chi connectivity index (χ1n) is 8.19. The van der Waals surface area contributed by atoms with Gasteiger partial charge in [0.25, 0.3) is 0 Å². The van der Waals surface area contributed by atoms with Crippen LogP contribution in [-0.4, -0.2) is 29.3 Å². The minimum atomic E-state index is -0.805. The van der Waals surface area contributed by atoms with Crippen molar-refractivity contribution in [2.75, 3.05) is 12.3 Å². The lowest BCUT2D eigenvalue weighted by Crippen LogP contribution is -2.25. The van der Waals surface area contributed by atoms with Gasteiger partial charge in [-0.15, -0.1) is 0 Å². The highest BCUT2D eigenvalue weighted by atomic mass is 32.2. The van der Waals surface area contributed by atoms with Gasteiger partial charge in [0.2, 0.25) is 5.91 Å². The van der Waals surface area contributed by atoms with Crippen molar-refractivity contribution in [2.45, 2.75) is 31.4 Å². The van der Waals surface area contributed by atoms with E-state index in [9.17, 15) is 9.59 Å². The van der Waals surface area contributed by atoms with Crippen LogP contribution >= 0.6 is 11.8 Å². The number of thioether (sulfide) groups is 1. The van der Waals surface area contributed by atoms with E-state index in [1.165, 1.54) is 16.3 Å². The molecule has 2 rings (SSSR count). The maximum atomic E-state index is 11.6. The summed E-state index contributed by atoms with van der Waals surface area (Å²) in [6.45, 7) is 0.646. The molecule has 0 saturated carbocycles. The number of hydrogen-bond donors (Lipinski definition) is 2. The largest absolute Gasteiger partial charge is 0.481 e. The molecule has 24 heavy (non-hydrogen) atoms. The molecule has 1 amide bonds. The molecule has 2 aromatic rings. The second-order valence-electron chi connectivity index (χ2n) is 5.64. The standard InChI is InChI=1S/C19H23NO3S/c21-18(10-3-4-11-19(22)23)20-12-13-24-14-16-8-5-7-15-6-1-2-9-17(15)16/h1-2,5-9H,3-4,10-14H2,(H,20,21)(H,22,23). The number of fused-ring (bicyclic) bond motifs is 1. The average molecular weight is 345 g/mol. The lowest BCUT2D eigenvalue weighted by molar-refractivity contribution is -0.137. The first-order valence-corrected chi connectivity index (χ1v) is 9.35. The number of carbonyl (C=O) groups excluding carboxylic acids is 1. The number of carbonyl (C=O) groups is 2. The van der Waals surface area contributed by atoms with Gasteiger partial charge in [0.05, 0.1) is 0 Å². The van der Waals surface area contributed by atoms with E-state index >= 15 is 0 Å². The van der Waals surface area contributed by atoms with Gasteiger partial charge in [-0.3, -0.25) is 9.59 Å². The number of carboxylic acid groups (broad SMARTS) is 1. The summed E-state index contributed by atoms with van der Waals surface area (Å²) >= 11 is 1.80. The molecule has 5 heteroatoms. The van der Waals surface area contributed by atoms with E-state index in [1.807, 2.05) is 6.07 Å². The molecule has 0 unspecified atom stereocenters. The van der Waals surface area contributed by atoms with Crippen molar-refractivity contribution in [1.82, 2.24) is 5.32 Å². The second-order valence-corrected chi connectivity index (χ2v) is 6.75. The minimum absolute atomic E-state index is 0.00569. The average Bonchev–Trinajstić information content (AvgIpc) is 2.58. The molecule has 0 fully saturated rings. The molecule has 0 heterocycles. The molecule has 0 aliphatic carbocycles. The molecule has 0 bridgehead atoms. The van der Waals surface area contributed by atoms with Gasteiger partial charge in [0, 0.05) is 30.9 Å². The Hall–Kier alpha value is -2.01. The Morgan fingerprint density at radius 2 is 1.75 bits per heavy atom. The fraction of sp³-hybridized carbons (Fsp3) is 0.368. The molecule has 0 aliphatic heterocycles. The maximum Gasteiger partial charge on any atom is 0.303 e. The van der Waals surface area contributed by atoms with Crippen LogP contribution in [0.5, 0.6) is 0 Å². The third-order valence-corrected chi connectivity index (χ3v) is 4.76. The third kappa shape index (κ3) is 6.24. The van der Waals surface area contributed by atoms with Crippen LogP contribution in [0.1, 0.15) is 31.2 Å². The van der Waals surface area contributed by atoms with E-state index in [1.54, 1.807) is 11.8 Å². The predicted octanol–water partition coefficient (Wildman–Crippen LogP) is 3.83. The van der Waals surface area contributed by atoms with Crippen LogP contribution in [0.25, 0.3) is 10.8 Å². The Bertz CT molecular complexity index is 682. The van der Waals surface area contributed by atoms with Crippen LogP contribution in [0.3, 0.4) is 0 Å². The number of nitrogens with one attached hydrogen (secondary N) is 1. The summed E-state index contributed by atoms with van der Waals surface area (Å²) in [6, 6.07) is 14.7. The second kappa shape index (κ2) is 9.98. The number of hydrogen-bond acceptors (Lipinski definition) is 3. The van der Waals surface area contributed by atoms with Gasteiger partial charge in [-0.05, 0) is 29.2 Å². The normalized spacial score (nSPS) is 10.7. The number of unbranched alkanes of at least 4 members (excludes halogenated alkanes) is 1. The van der Waals surface area contributed by atoms with Gasteiger partial charge in [0.1, 0.15) is 0 Å². The van der Waals surface area contributed by atoms with Gasteiger partial charge in [-0.2, -0.15) is 11.8 Å². The highest BCUT2D eigenvalue weighted by Crippen LogP contribution is 2.22. The smallest absolute Gasteiger partial charge is 0.303 e. The molecular weight excluding hydrogens is 322 g/mol. The number of amides is 1. The van der Waals surface area contributed by atoms with Crippen LogP contribution in [-0.2, 0) is 15.3 Å². The molecule has 0 atom stereocenters. The summed E-state index contributed by atoms with van der Waals surface area (Å²) in [5.74, 6) is 0.992. The minimum Gasteiger partial charge on any atom is -0.481 e. The van der Waals surface area contributed by atoms with Crippen molar-refractivity contribution in [3.8, 4) is 0 Å². The molecule has 0 aromatic heterocycles. The maximum absolute atomic E-state index is 11.6. The Labute approximate surface area is 146 Å². The van der Waals surface area contributed by atoms with Crippen molar-refractivity contribution in [3.63, 3.8) is 0 Å². The molecule has 128 valence electrons. The quantitative estimate of drug-likeness (QED) is 0.642. The summed E-state index contributed by atoms with van der Waals surface area (Å²) in [5, 5.41) is 14.0. The van der Waals surface area contributed by atoms with Crippen LogP contribution < -0.4 is 5.32 Å². The van der Waals surface area contributed by atoms with Crippen molar-refractivity contribution in [2.24, 2.45) is 0 Å². The fourth-order valence-corrected chi connectivity index (χ4v) is 3.38. The molecular formula is C19H23NO3S. The van der Waals surface area contributed by atoms with Crippen molar-refractivity contribution < 1.29 is 14.7 Å². The first kappa shape index (κ1) is 18.3. The molecule has 0 saturated heterocycles. The van der Waals surface area contributed by atoms with Crippen LogP contribution in [0.15, 0.2) is 42.5 Å². The van der Waals surface area contributed by atoms with Crippen LogP contribution in [0, 0.1) is 0 Å². The van der Waals surface area contributed by atoms with E-state index < -0.39 is 5.97 Å². The topological polar surface area (TPSA) is 66.4 Å². The Kier molecular flexibility index (Phi) is 7.62. The number of benzene rings is 2. The molecule has 0 spiro atoms. The van der Waals surface area contributed by atoms with E-state index in [4.69, 9.17) is 5.11 Å². The van der Waals surface area contributed by atoms with Gasteiger partial charge < -0.3 is 10.4 Å². The third-order valence-electron chi connectivity index (χ3n) is 3.75. The summed E-state index contributed by atoms with van der Waals surface area (Å²) in [7, 11) is 0. The molecule has 2 N–H and O–H groups in total. The molecule has 0 radical (unpaired) electrons. The highest BCUT2D eigenvalue weighted by molar-refractivity contribution is 7.98. The lowest BCUT2D eigenvalue weighted by atomic mass is 10.1. The van der Waals surface area contributed by atoms with Gasteiger partial charge >= 0.3 is 5.97 Å². The van der Waals surface area contributed by atoms with Crippen LogP contribution in [0.4, 0.5) is 0 Å².